The van der Waals surface area contributed by atoms with Gasteiger partial charge >= 0.3 is 0 Å². The van der Waals surface area contributed by atoms with Crippen LogP contribution in [-0.2, 0) is 26.4 Å². The first-order valence-corrected chi connectivity index (χ1v) is 10.1. The van der Waals surface area contributed by atoms with E-state index in [4.69, 9.17) is 21.1 Å². The molecule has 0 aliphatic carbocycles. The minimum absolute atomic E-state index is 0.00982. The van der Waals surface area contributed by atoms with Gasteiger partial charge in [0, 0.05) is 25.4 Å². The summed E-state index contributed by atoms with van der Waals surface area (Å²) >= 11 is 5.88. The van der Waals surface area contributed by atoms with E-state index in [1.165, 1.54) is 43.1 Å². The van der Waals surface area contributed by atoms with Gasteiger partial charge in [-0.2, -0.15) is 0 Å². The van der Waals surface area contributed by atoms with Crippen LogP contribution in [-0.4, -0.2) is 55.6 Å². The van der Waals surface area contributed by atoms with Crippen LogP contribution in [0.1, 0.15) is 21.6 Å². The van der Waals surface area contributed by atoms with Gasteiger partial charge in [-0.05, 0) is 31.2 Å². The number of carbonyl (C=O) groups excluding carboxylic acids is 1. The second-order valence-electron chi connectivity index (χ2n) is 5.99. The van der Waals surface area contributed by atoms with Crippen molar-refractivity contribution >= 4 is 27.2 Å². The Bertz CT molecular complexity index is 962. The summed E-state index contributed by atoms with van der Waals surface area (Å²) in [6.45, 7) is 1.90. The summed E-state index contributed by atoms with van der Waals surface area (Å²) in [6.07, 6.45) is 0. The van der Waals surface area contributed by atoms with Crippen molar-refractivity contribution in [3.63, 3.8) is 0 Å². The SMILES string of the molecule is COCC(Cl)COCS(=O)(=O)c1ccc(C(=O)c2c(C)[nH]n(C)c2=O)cc1. The van der Waals surface area contributed by atoms with Crippen LogP contribution in [0.5, 0.6) is 0 Å². The molecule has 1 aromatic heterocycles. The molecule has 2 rings (SSSR count). The molecule has 0 bridgehead atoms. The molecule has 0 fully saturated rings. The molecule has 1 aromatic carbocycles. The average Bonchev–Trinajstić information content (AvgIpc) is 2.86. The Hall–Kier alpha value is -1.94. The Kier molecular flexibility index (Phi) is 6.99. The lowest BCUT2D eigenvalue weighted by Crippen LogP contribution is -2.20. The molecule has 148 valence electrons. The zero-order valence-corrected chi connectivity index (χ0v) is 16.8. The standard InChI is InChI=1S/C17H21ClN2O6S/c1-11-15(17(22)20(2)19-11)16(21)12-4-6-14(7-5-12)27(23,24)10-26-9-13(18)8-25-3/h4-7,13,19H,8-10H2,1-3H3. The molecule has 2 aromatic rings. The van der Waals surface area contributed by atoms with Gasteiger partial charge in [0.25, 0.3) is 5.56 Å². The summed E-state index contributed by atoms with van der Waals surface area (Å²) in [4.78, 5) is 24.6. The highest BCUT2D eigenvalue weighted by molar-refractivity contribution is 7.91. The normalized spacial score (nSPS) is 12.9. The lowest BCUT2D eigenvalue weighted by atomic mass is 10.0. The van der Waals surface area contributed by atoms with Crippen molar-refractivity contribution < 1.29 is 22.7 Å². The van der Waals surface area contributed by atoms with E-state index in [0.717, 1.165) is 0 Å². The van der Waals surface area contributed by atoms with Crippen LogP contribution >= 0.6 is 11.6 Å². The Morgan fingerprint density at radius 1 is 1.26 bits per heavy atom. The van der Waals surface area contributed by atoms with E-state index < -0.39 is 32.5 Å². The number of ether oxygens (including phenoxy) is 2. The number of ketones is 1. The molecule has 1 heterocycles. The molecule has 1 atom stereocenters. The van der Waals surface area contributed by atoms with E-state index in [1.807, 2.05) is 0 Å². The number of hydrogen-bond donors (Lipinski definition) is 1. The number of benzene rings is 1. The minimum atomic E-state index is -3.70. The molecule has 8 nitrogen and oxygen atoms in total. The summed E-state index contributed by atoms with van der Waals surface area (Å²) in [5.74, 6) is -1.01. The van der Waals surface area contributed by atoms with E-state index >= 15 is 0 Å². The maximum Gasteiger partial charge on any atom is 0.277 e. The second-order valence-corrected chi connectivity index (χ2v) is 8.54. The topological polar surface area (TPSA) is 107 Å². The quantitative estimate of drug-likeness (QED) is 0.487. The number of sulfone groups is 1. The van der Waals surface area contributed by atoms with E-state index in [0.29, 0.717) is 5.69 Å². The van der Waals surface area contributed by atoms with Crippen LogP contribution in [0.15, 0.2) is 34.0 Å². The molecule has 0 spiro atoms. The number of rotatable bonds is 9. The lowest BCUT2D eigenvalue weighted by molar-refractivity contribution is 0.103. The van der Waals surface area contributed by atoms with Gasteiger partial charge in [0.1, 0.15) is 5.56 Å². The molecule has 0 amide bonds. The first kappa shape index (κ1) is 21.4. The van der Waals surface area contributed by atoms with Crippen molar-refractivity contribution in [2.75, 3.05) is 26.3 Å². The summed E-state index contributed by atoms with van der Waals surface area (Å²) in [6, 6.07) is 5.37. The largest absolute Gasteiger partial charge is 0.383 e. The zero-order chi connectivity index (χ0) is 20.2. The second kappa shape index (κ2) is 8.83. The highest BCUT2D eigenvalue weighted by Gasteiger charge is 2.21. The number of methoxy groups -OCH3 is 1. The van der Waals surface area contributed by atoms with Crippen LogP contribution in [0.4, 0.5) is 0 Å². The molecule has 0 aliphatic heterocycles. The van der Waals surface area contributed by atoms with E-state index in [2.05, 4.69) is 5.10 Å². The molecule has 0 saturated carbocycles. The predicted molar refractivity (Wildman–Crippen MR) is 100 cm³/mol. The number of nitrogens with one attached hydrogen (secondary N) is 1. The van der Waals surface area contributed by atoms with Crippen LogP contribution in [0.3, 0.4) is 0 Å². The third-order valence-electron chi connectivity index (χ3n) is 3.82. The summed E-state index contributed by atoms with van der Waals surface area (Å²) in [5, 5.41) is 2.31. The smallest absolute Gasteiger partial charge is 0.277 e. The number of halogens is 1. The monoisotopic (exact) mass is 416 g/mol. The number of aromatic amines is 1. The van der Waals surface area contributed by atoms with Gasteiger partial charge in [-0.25, -0.2) is 8.42 Å². The minimum Gasteiger partial charge on any atom is -0.383 e. The molecule has 0 saturated heterocycles. The molecule has 1 N–H and O–H groups in total. The van der Waals surface area contributed by atoms with Crippen molar-refractivity contribution in [3.8, 4) is 0 Å². The van der Waals surface area contributed by atoms with Gasteiger partial charge in [-0.15, -0.1) is 11.6 Å². The highest BCUT2D eigenvalue weighted by Crippen LogP contribution is 2.16. The number of H-pyrrole nitrogens is 1. The van der Waals surface area contributed by atoms with Crippen LogP contribution in [0, 0.1) is 6.92 Å². The lowest BCUT2D eigenvalue weighted by Gasteiger charge is -2.10. The maximum absolute atomic E-state index is 12.5. The number of carbonyl (C=O) groups is 1. The summed E-state index contributed by atoms with van der Waals surface area (Å²) in [5.41, 5.74) is 0.261. The van der Waals surface area contributed by atoms with E-state index in [9.17, 15) is 18.0 Å². The first-order valence-electron chi connectivity index (χ1n) is 8.01. The molecular formula is C17H21ClN2O6S. The fourth-order valence-electron chi connectivity index (χ4n) is 2.49. The zero-order valence-electron chi connectivity index (χ0n) is 15.2. The van der Waals surface area contributed by atoms with Gasteiger partial charge in [0.15, 0.2) is 11.7 Å². The Balaban J connectivity index is 2.12. The van der Waals surface area contributed by atoms with Gasteiger partial charge in [-0.3, -0.25) is 19.4 Å². The third kappa shape index (κ3) is 5.07. The number of hydrogen-bond acceptors (Lipinski definition) is 6. The number of nitrogens with zero attached hydrogens (tertiary/aromatic N) is 1. The summed E-state index contributed by atoms with van der Waals surface area (Å²) in [7, 11) is -0.696. The average molecular weight is 417 g/mol. The Morgan fingerprint density at radius 2 is 1.89 bits per heavy atom. The van der Waals surface area contributed by atoms with Crippen LogP contribution < -0.4 is 5.56 Å². The van der Waals surface area contributed by atoms with E-state index in [-0.39, 0.29) is 29.2 Å². The Labute approximate surface area is 161 Å². The van der Waals surface area contributed by atoms with Crippen molar-refractivity contribution in [2.24, 2.45) is 7.05 Å². The van der Waals surface area contributed by atoms with Crippen molar-refractivity contribution in [1.82, 2.24) is 9.78 Å². The molecular weight excluding hydrogens is 396 g/mol. The third-order valence-corrected chi connectivity index (χ3v) is 5.54. The predicted octanol–water partition coefficient (Wildman–Crippen LogP) is 1.25. The maximum atomic E-state index is 12.5. The first-order chi connectivity index (χ1) is 12.7. The fourth-order valence-corrected chi connectivity index (χ4v) is 3.71. The number of alkyl halides is 1. The van der Waals surface area contributed by atoms with E-state index in [1.54, 1.807) is 6.92 Å². The highest BCUT2D eigenvalue weighted by atomic mass is 35.5. The summed E-state index contributed by atoms with van der Waals surface area (Å²) < 4.78 is 35.8. The Morgan fingerprint density at radius 3 is 2.41 bits per heavy atom. The van der Waals surface area contributed by atoms with Crippen LogP contribution in [0.2, 0.25) is 0 Å². The van der Waals surface area contributed by atoms with Crippen LogP contribution in [0.25, 0.3) is 0 Å². The molecule has 10 heteroatoms. The van der Waals surface area contributed by atoms with Crippen molar-refractivity contribution in [1.29, 1.82) is 0 Å². The molecule has 27 heavy (non-hydrogen) atoms. The number of aryl methyl sites for hydroxylation is 2. The molecule has 0 aliphatic rings. The fraction of sp³-hybridized carbons (Fsp3) is 0.412. The molecule has 0 radical (unpaired) electrons. The van der Waals surface area contributed by atoms with Crippen molar-refractivity contribution in [3.05, 3.63) is 51.4 Å². The number of aromatic nitrogens is 2. The molecule has 1 unspecified atom stereocenters. The van der Waals surface area contributed by atoms with Gasteiger partial charge in [0.2, 0.25) is 9.84 Å². The van der Waals surface area contributed by atoms with Gasteiger partial charge in [-0.1, -0.05) is 0 Å². The van der Waals surface area contributed by atoms with Gasteiger partial charge < -0.3 is 9.47 Å². The van der Waals surface area contributed by atoms with Gasteiger partial charge in [0.05, 0.1) is 23.5 Å². The van der Waals surface area contributed by atoms with Crippen molar-refractivity contribution in [2.45, 2.75) is 17.2 Å².